The van der Waals surface area contributed by atoms with E-state index in [4.69, 9.17) is 9.05 Å². The molecule has 0 saturated carbocycles. The topological polar surface area (TPSA) is 108 Å². The van der Waals surface area contributed by atoms with Gasteiger partial charge in [0.1, 0.15) is 13.2 Å². The first-order chi connectivity index (χ1) is 37.0. The number of nitrogens with zero attached hydrogens (tertiary/aromatic N) is 1. The minimum absolute atomic E-state index is 0.00716. The molecule has 0 aromatic rings. The van der Waals surface area contributed by atoms with Crippen LogP contribution < -0.4 is 10.2 Å². The van der Waals surface area contributed by atoms with Crippen LogP contribution in [0.1, 0.15) is 335 Å². The van der Waals surface area contributed by atoms with Gasteiger partial charge in [-0.3, -0.25) is 9.36 Å². The third-order valence-corrected chi connectivity index (χ3v) is 16.3. The van der Waals surface area contributed by atoms with Crippen molar-refractivity contribution in [1.82, 2.24) is 5.32 Å². The molecular weight excluding hydrogens is 960 g/mol. The summed E-state index contributed by atoms with van der Waals surface area (Å²) in [5.74, 6) is -0.205. The maximum atomic E-state index is 13.0. The Hall–Kier alpha value is -1.28. The Morgan fingerprint density at radius 2 is 0.737 bits per heavy atom. The highest BCUT2D eigenvalue weighted by Crippen LogP contribution is 2.38. The number of likely N-dealkylation sites (N-methyl/N-ethyl adjacent to an activating group) is 1. The van der Waals surface area contributed by atoms with Crippen molar-refractivity contribution >= 4 is 13.7 Å². The number of carbonyl (C=O) groups excluding carboxylic acids is 1. The summed E-state index contributed by atoms with van der Waals surface area (Å²) in [7, 11) is 1.25. The van der Waals surface area contributed by atoms with Gasteiger partial charge in [-0.2, -0.15) is 0 Å². The molecule has 8 nitrogen and oxygen atoms in total. The zero-order valence-corrected chi connectivity index (χ0v) is 52.4. The highest BCUT2D eigenvalue weighted by molar-refractivity contribution is 7.45. The third kappa shape index (κ3) is 60.4. The molecule has 3 atom stereocenters. The summed E-state index contributed by atoms with van der Waals surface area (Å²) in [5, 5.41) is 13.9. The molecule has 3 unspecified atom stereocenters. The summed E-state index contributed by atoms with van der Waals surface area (Å²) in [6.45, 7) is 4.68. The van der Waals surface area contributed by atoms with Crippen LogP contribution in [0.5, 0.6) is 0 Å². The maximum absolute atomic E-state index is 13.0. The first kappa shape index (κ1) is 74.7. The standard InChI is InChI=1S/C67H131N2O6P/c1-6-8-10-12-14-16-18-20-22-24-26-28-30-31-32-33-34-35-36-37-39-40-42-44-46-48-50-52-54-56-58-60-66(70)65(64-75-76(72,73)74-63-62-69(3,4)5)68-67(71)61-59-57-55-53-51-49-47-45-43-41-38-29-27-25-23-21-19-17-15-13-11-9-7-2/h42,44,50,52,58,60,65-66,70H,6-41,43,45-49,51,53-57,59,61-64H2,1-5H3,(H-,68,71,72,73)/b44-42+,52-50+,60-58+. The number of aliphatic hydroxyl groups excluding tert-OH is 1. The van der Waals surface area contributed by atoms with Gasteiger partial charge in [-0.1, -0.05) is 320 Å². The molecule has 0 aromatic carbocycles. The number of amides is 1. The Balaban J connectivity index is 4.14. The molecule has 0 aromatic heterocycles. The minimum Gasteiger partial charge on any atom is -0.756 e. The molecule has 0 aliphatic heterocycles. The quantitative estimate of drug-likeness (QED) is 0.0272. The van der Waals surface area contributed by atoms with Crippen molar-refractivity contribution < 1.29 is 32.9 Å². The second-order valence-corrected chi connectivity index (χ2v) is 25.6. The van der Waals surface area contributed by atoms with Crippen molar-refractivity contribution in [3.05, 3.63) is 36.5 Å². The van der Waals surface area contributed by atoms with Crippen LogP contribution in [-0.4, -0.2) is 68.5 Å². The number of allylic oxidation sites excluding steroid dienone is 5. The van der Waals surface area contributed by atoms with Crippen molar-refractivity contribution in [2.75, 3.05) is 40.9 Å². The molecule has 0 bridgehead atoms. The van der Waals surface area contributed by atoms with E-state index < -0.39 is 26.6 Å². The smallest absolute Gasteiger partial charge is 0.268 e. The van der Waals surface area contributed by atoms with Crippen LogP contribution in [0.3, 0.4) is 0 Å². The van der Waals surface area contributed by atoms with Crippen LogP contribution in [-0.2, 0) is 18.4 Å². The number of carbonyl (C=O) groups is 1. The Morgan fingerprint density at radius 1 is 0.447 bits per heavy atom. The summed E-state index contributed by atoms with van der Waals surface area (Å²) in [5.41, 5.74) is 0. The van der Waals surface area contributed by atoms with E-state index in [0.29, 0.717) is 17.4 Å². The fourth-order valence-corrected chi connectivity index (χ4v) is 10.9. The lowest BCUT2D eigenvalue weighted by atomic mass is 10.0. The highest BCUT2D eigenvalue weighted by atomic mass is 31.2. The number of aliphatic hydroxyl groups is 1. The van der Waals surface area contributed by atoms with Crippen LogP contribution in [0.15, 0.2) is 36.5 Å². The predicted octanol–water partition coefficient (Wildman–Crippen LogP) is 20.3. The van der Waals surface area contributed by atoms with E-state index in [1.807, 2.05) is 27.2 Å². The molecule has 0 aliphatic carbocycles. The average Bonchev–Trinajstić information content (AvgIpc) is 3.38. The molecule has 76 heavy (non-hydrogen) atoms. The number of phosphoric acid groups is 1. The lowest BCUT2D eigenvalue weighted by molar-refractivity contribution is -0.870. The third-order valence-electron chi connectivity index (χ3n) is 15.3. The number of unbranched alkanes of at least 4 members (excludes halogenated alkanes) is 45. The van der Waals surface area contributed by atoms with E-state index in [0.717, 1.165) is 44.9 Å². The molecule has 450 valence electrons. The van der Waals surface area contributed by atoms with E-state index in [1.54, 1.807) is 6.08 Å². The first-order valence-corrected chi connectivity index (χ1v) is 34.8. The van der Waals surface area contributed by atoms with Crippen molar-refractivity contribution in [3.8, 4) is 0 Å². The number of rotatable bonds is 62. The molecule has 0 aliphatic rings. The maximum Gasteiger partial charge on any atom is 0.268 e. The summed E-state index contributed by atoms with van der Waals surface area (Å²) < 4.78 is 23.4. The van der Waals surface area contributed by atoms with Crippen LogP contribution >= 0.6 is 7.82 Å². The lowest BCUT2D eigenvalue weighted by Crippen LogP contribution is -2.45. The molecule has 2 N–H and O–H groups in total. The van der Waals surface area contributed by atoms with Gasteiger partial charge >= 0.3 is 0 Å². The molecule has 0 rings (SSSR count). The van der Waals surface area contributed by atoms with E-state index in [2.05, 4.69) is 43.5 Å². The average molecular weight is 1090 g/mol. The van der Waals surface area contributed by atoms with Gasteiger partial charge in [0.25, 0.3) is 7.82 Å². The predicted molar refractivity (Wildman–Crippen MR) is 330 cm³/mol. The molecule has 0 heterocycles. The van der Waals surface area contributed by atoms with Crippen LogP contribution in [0, 0.1) is 0 Å². The van der Waals surface area contributed by atoms with Crippen LogP contribution in [0.2, 0.25) is 0 Å². The van der Waals surface area contributed by atoms with Gasteiger partial charge in [0.2, 0.25) is 5.91 Å². The van der Waals surface area contributed by atoms with E-state index in [9.17, 15) is 19.4 Å². The fourth-order valence-electron chi connectivity index (χ4n) is 10.1. The lowest BCUT2D eigenvalue weighted by Gasteiger charge is -2.29. The molecule has 0 radical (unpaired) electrons. The minimum atomic E-state index is -4.61. The first-order valence-electron chi connectivity index (χ1n) is 33.4. The van der Waals surface area contributed by atoms with Gasteiger partial charge in [-0.25, -0.2) is 0 Å². The number of phosphoric ester groups is 1. The number of hydrogen-bond acceptors (Lipinski definition) is 6. The van der Waals surface area contributed by atoms with Crippen molar-refractivity contribution in [1.29, 1.82) is 0 Å². The summed E-state index contributed by atoms with van der Waals surface area (Å²) in [6.07, 6.45) is 76.9. The monoisotopic (exact) mass is 1090 g/mol. The van der Waals surface area contributed by atoms with Gasteiger partial charge in [-0.05, 0) is 44.9 Å². The van der Waals surface area contributed by atoms with Crippen LogP contribution in [0.25, 0.3) is 0 Å². The SMILES string of the molecule is CCCCCCCCCCCCCCCCCCCCCCC/C=C/CC/C=C/CC/C=C/C(O)C(COP(=O)([O-])OCC[N+](C)(C)C)NC(=O)CCCCCCCCCCCCCCCCCCCCCCCCC. The largest absolute Gasteiger partial charge is 0.756 e. The molecule has 0 spiro atoms. The highest BCUT2D eigenvalue weighted by Gasteiger charge is 2.23. The van der Waals surface area contributed by atoms with Gasteiger partial charge in [0, 0.05) is 6.42 Å². The van der Waals surface area contributed by atoms with Gasteiger partial charge in [0.15, 0.2) is 0 Å². The normalized spacial score (nSPS) is 13.9. The van der Waals surface area contributed by atoms with Crippen molar-refractivity contribution in [2.24, 2.45) is 0 Å². The van der Waals surface area contributed by atoms with E-state index >= 15 is 0 Å². The van der Waals surface area contributed by atoms with Gasteiger partial charge in [0.05, 0.1) is 39.9 Å². The Morgan fingerprint density at radius 3 is 1.07 bits per heavy atom. The van der Waals surface area contributed by atoms with Crippen LogP contribution in [0.4, 0.5) is 0 Å². The Labute approximate surface area is 474 Å². The zero-order chi connectivity index (χ0) is 55.6. The zero-order valence-electron chi connectivity index (χ0n) is 51.5. The molecule has 0 fully saturated rings. The molecule has 9 heteroatoms. The number of nitrogens with one attached hydrogen (secondary N) is 1. The number of quaternary nitrogens is 1. The number of hydrogen-bond donors (Lipinski definition) is 2. The molecule has 0 saturated heterocycles. The Kier molecular flexibility index (Phi) is 57.4. The molecule has 1 amide bonds. The summed E-state index contributed by atoms with van der Waals surface area (Å²) in [6, 6.07) is -0.909. The van der Waals surface area contributed by atoms with Crippen molar-refractivity contribution in [3.63, 3.8) is 0 Å². The van der Waals surface area contributed by atoms with Crippen molar-refractivity contribution in [2.45, 2.75) is 347 Å². The molecular formula is C67H131N2O6P. The fraction of sp³-hybridized carbons (Fsp3) is 0.896. The summed E-state index contributed by atoms with van der Waals surface area (Å²) >= 11 is 0. The van der Waals surface area contributed by atoms with Gasteiger partial charge < -0.3 is 28.8 Å². The summed E-state index contributed by atoms with van der Waals surface area (Å²) in [4.78, 5) is 25.6. The van der Waals surface area contributed by atoms with E-state index in [1.165, 1.54) is 270 Å². The second kappa shape index (κ2) is 58.4. The van der Waals surface area contributed by atoms with E-state index in [-0.39, 0.29) is 12.5 Å². The van der Waals surface area contributed by atoms with Gasteiger partial charge in [-0.15, -0.1) is 0 Å². The second-order valence-electron chi connectivity index (χ2n) is 24.2. The Bertz CT molecular complexity index is 1330.